The molecule has 0 radical (unpaired) electrons. The van der Waals surface area contributed by atoms with Gasteiger partial charge in [0, 0.05) is 18.2 Å². The summed E-state index contributed by atoms with van der Waals surface area (Å²) in [6.07, 6.45) is 1.62. The molecule has 3 aromatic carbocycles. The lowest BCUT2D eigenvalue weighted by molar-refractivity contribution is 0.0942. The number of rotatable bonds is 6. The highest BCUT2D eigenvalue weighted by molar-refractivity contribution is 7.93. The summed E-state index contributed by atoms with van der Waals surface area (Å²) in [6, 6.07) is 25.9. The Bertz CT molecular complexity index is 1290. The molecule has 0 aliphatic heterocycles. The Hall–Kier alpha value is -3.69. The Labute approximate surface area is 181 Å². The number of carbonyl (C=O) groups is 1. The van der Waals surface area contributed by atoms with E-state index in [1.54, 1.807) is 84.9 Å². The lowest BCUT2D eigenvalue weighted by Crippen LogP contribution is -2.26. The molecule has 1 atom stereocenters. The van der Waals surface area contributed by atoms with Crippen LogP contribution in [0.2, 0.25) is 0 Å². The Morgan fingerprint density at radius 3 is 2.13 bits per heavy atom. The van der Waals surface area contributed by atoms with Crippen LogP contribution in [-0.4, -0.2) is 14.2 Å². The largest absolute Gasteiger partial charge is 0.292 e. The minimum Gasteiger partial charge on any atom is -0.292 e. The third-order valence-electron chi connectivity index (χ3n) is 5.35. The van der Waals surface area contributed by atoms with Crippen molar-refractivity contribution in [2.45, 2.75) is 18.2 Å². The summed E-state index contributed by atoms with van der Waals surface area (Å²) < 4.78 is 28.1. The number of para-hydroxylation sites is 1. The van der Waals surface area contributed by atoms with Gasteiger partial charge in [-0.2, -0.15) is 5.26 Å². The number of ketones is 1. The minimum atomic E-state index is -3.94. The van der Waals surface area contributed by atoms with Crippen LogP contribution in [0.15, 0.2) is 102 Å². The quantitative estimate of drug-likeness (QED) is 0.525. The molecule has 0 N–H and O–H groups in total. The highest BCUT2D eigenvalue weighted by atomic mass is 32.2. The maximum Gasteiger partial charge on any atom is 0.268 e. The molecule has 1 fully saturated rings. The second-order valence-corrected chi connectivity index (χ2v) is 9.31. The topological polar surface area (TPSA) is 78.2 Å². The maximum atomic E-state index is 13.5. The molecule has 154 valence electrons. The van der Waals surface area contributed by atoms with Crippen LogP contribution in [0.5, 0.6) is 0 Å². The van der Waals surface area contributed by atoms with Gasteiger partial charge in [-0.25, -0.2) is 12.7 Å². The number of sulfonamides is 1. The molecule has 0 aromatic heterocycles. The molecule has 1 saturated carbocycles. The second kappa shape index (κ2) is 7.86. The minimum absolute atomic E-state index is 0.136. The summed E-state index contributed by atoms with van der Waals surface area (Å²) in [4.78, 5) is 13.1. The summed E-state index contributed by atoms with van der Waals surface area (Å²) in [7, 11) is -3.94. The molecule has 3 aromatic rings. The summed E-state index contributed by atoms with van der Waals surface area (Å²) in [6.45, 7) is 1.88. The van der Waals surface area contributed by atoms with Crippen molar-refractivity contribution in [2.24, 2.45) is 5.41 Å². The van der Waals surface area contributed by atoms with Crippen molar-refractivity contribution in [3.8, 4) is 6.07 Å². The van der Waals surface area contributed by atoms with E-state index in [-0.39, 0.29) is 17.1 Å². The summed E-state index contributed by atoms with van der Waals surface area (Å²) >= 11 is 0. The Morgan fingerprint density at radius 1 is 0.968 bits per heavy atom. The van der Waals surface area contributed by atoms with E-state index in [1.165, 1.54) is 6.20 Å². The number of aryl methyl sites for hydroxylation is 1. The number of anilines is 1. The van der Waals surface area contributed by atoms with Crippen LogP contribution >= 0.6 is 0 Å². The number of carbonyl (C=O) groups excluding carboxylic acids is 1. The van der Waals surface area contributed by atoms with E-state index < -0.39 is 15.4 Å². The van der Waals surface area contributed by atoms with Gasteiger partial charge >= 0.3 is 0 Å². The van der Waals surface area contributed by atoms with Crippen molar-refractivity contribution in [2.75, 3.05) is 4.31 Å². The van der Waals surface area contributed by atoms with E-state index in [0.717, 1.165) is 9.87 Å². The third-order valence-corrected chi connectivity index (χ3v) is 7.06. The first-order valence-corrected chi connectivity index (χ1v) is 11.2. The van der Waals surface area contributed by atoms with Gasteiger partial charge in [0.2, 0.25) is 0 Å². The van der Waals surface area contributed by atoms with Crippen LogP contribution in [-0.2, 0) is 10.0 Å². The SMILES string of the molecule is Cc1ccc(S(=O)(=O)N(/C=C2\CC2(C#N)C(=O)c2ccccc2)c2ccccc2)cc1. The van der Waals surface area contributed by atoms with Crippen LogP contribution < -0.4 is 4.31 Å². The molecule has 1 unspecified atom stereocenters. The van der Waals surface area contributed by atoms with Gasteiger partial charge in [-0.1, -0.05) is 66.2 Å². The van der Waals surface area contributed by atoms with Crippen molar-refractivity contribution in [3.05, 3.63) is 108 Å². The lowest BCUT2D eigenvalue weighted by Gasteiger charge is -2.21. The van der Waals surface area contributed by atoms with Crippen LogP contribution in [0.4, 0.5) is 5.69 Å². The fourth-order valence-electron chi connectivity index (χ4n) is 3.44. The van der Waals surface area contributed by atoms with Gasteiger partial charge in [0.25, 0.3) is 10.0 Å². The molecule has 0 bridgehead atoms. The molecule has 6 heteroatoms. The van der Waals surface area contributed by atoms with Gasteiger partial charge in [0.1, 0.15) is 5.41 Å². The molecule has 5 nitrogen and oxygen atoms in total. The molecule has 4 rings (SSSR count). The number of Topliss-reactive ketones (excluding diaryl/α,β-unsaturated/α-hetero) is 1. The van der Waals surface area contributed by atoms with Gasteiger partial charge in [-0.3, -0.25) is 4.79 Å². The predicted molar refractivity (Wildman–Crippen MR) is 119 cm³/mol. The van der Waals surface area contributed by atoms with Crippen molar-refractivity contribution < 1.29 is 13.2 Å². The van der Waals surface area contributed by atoms with Crippen LogP contribution in [0.1, 0.15) is 22.3 Å². The van der Waals surface area contributed by atoms with E-state index in [0.29, 0.717) is 16.8 Å². The number of hydrogen-bond acceptors (Lipinski definition) is 4. The first kappa shape index (κ1) is 20.6. The predicted octanol–water partition coefficient (Wildman–Crippen LogP) is 4.87. The van der Waals surface area contributed by atoms with Gasteiger partial charge in [0.15, 0.2) is 5.78 Å². The maximum absolute atomic E-state index is 13.5. The van der Waals surface area contributed by atoms with E-state index in [4.69, 9.17) is 0 Å². The molecule has 0 heterocycles. The molecule has 0 saturated heterocycles. The summed E-state index contributed by atoms with van der Waals surface area (Å²) in [5, 5.41) is 9.81. The molecule has 31 heavy (non-hydrogen) atoms. The second-order valence-electron chi connectivity index (χ2n) is 7.49. The van der Waals surface area contributed by atoms with E-state index >= 15 is 0 Å². The number of hydrogen-bond donors (Lipinski definition) is 0. The average molecular weight is 429 g/mol. The van der Waals surface area contributed by atoms with Gasteiger partial charge in [-0.05, 0) is 36.8 Å². The number of nitriles is 1. The zero-order valence-corrected chi connectivity index (χ0v) is 17.7. The summed E-state index contributed by atoms with van der Waals surface area (Å²) in [5.41, 5.74) is 0.949. The Morgan fingerprint density at radius 2 is 1.55 bits per heavy atom. The van der Waals surface area contributed by atoms with Crippen molar-refractivity contribution >= 4 is 21.5 Å². The smallest absolute Gasteiger partial charge is 0.268 e. The van der Waals surface area contributed by atoms with Crippen LogP contribution in [0.3, 0.4) is 0 Å². The third kappa shape index (κ3) is 3.76. The van der Waals surface area contributed by atoms with E-state index in [2.05, 4.69) is 6.07 Å². The van der Waals surface area contributed by atoms with E-state index in [9.17, 15) is 18.5 Å². The van der Waals surface area contributed by atoms with Gasteiger partial charge < -0.3 is 0 Å². The zero-order valence-electron chi connectivity index (χ0n) is 16.9. The van der Waals surface area contributed by atoms with Crippen molar-refractivity contribution in [3.63, 3.8) is 0 Å². The van der Waals surface area contributed by atoms with Gasteiger partial charge in [-0.15, -0.1) is 0 Å². The van der Waals surface area contributed by atoms with Crippen LogP contribution in [0.25, 0.3) is 0 Å². The molecule has 0 spiro atoms. The fourth-order valence-corrected chi connectivity index (χ4v) is 4.82. The summed E-state index contributed by atoms with van der Waals surface area (Å²) in [5.74, 6) is -0.317. The molecule has 0 amide bonds. The molecular weight excluding hydrogens is 408 g/mol. The highest BCUT2D eigenvalue weighted by Crippen LogP contribution is 2.54. The Balaban J connectivity index is 1.78. The van der Waals surface area contributed by atoms with E-state index in [1.807, 2.05) is 6.92 Å². The average Bonchev–Trinajstić information content (AvgIpc) is 3.52. The first-order valence-electron chi connectivity index (χ1n) is 9.77. The highest BCUT2D eigenvalue weighted by Gasteiger charge is 2.57. The molecule has 1 aliphatic rings. The standard InChI is InChI=1S/C25H20N2O3S/c1-19-12-14-23(15-13-19)31(29,30)27(22-10-6-3-7-11-22)17-21-16-25(21,18-26)24(28)20-8-4-2-5-9-20/h2-15,17H,16H2,1H3/b21-17+. The fraction of sp³-hybridized carbons (Fsp3) is 0.120. The molecular formula is C25H20N2O3S. The van der Waals surface area contributed by atoms with Crippen LogP contribution in [0, 0.1) is 23.7 Å². The normalized spacial score (nSPS) is 18.9. The van der Waals surface area contributed by atoms with Crippen molar-refractivity contribution in [1.82, 2.24) is 0 Å². The first-order chi connectivity index (χ1) is 14.9. The van der Waals surface area contributed by atoms with Gasteiger partial charge in [0.05, 0.1) is 16.7 Å². The molecule has 1 aliphatic carbocycles. The number of allylic oxidation sites excluding steroid dienone is 1. The zero-order chi connectivity index (χ0) is 22.1. The number of benzene rings is 3. The lowest BCUT2D eigenvalue weighted by atomic mass is 9.95. The Kier molecular flexibility index (Phi) is 5.22. The van der Waals surface area contributed by atoms with Crippen molar-refractivity contribution in [1.29, 1.82) is 5.26 Å². The number of nitrogens with zero attached hydrogens (tertiary/aromatic N) is 2. The monoisotopic (exact) mass is 428 g/mol.